The summed E-state index contributed by atoms with van der Waals surface area (Å²) < 4.78 is 5.35. The Kier molecular flexibility index (Phi) is 6.34. The smallest absolute Gasteiger partial charge is 0.355 e. The molecule has 28 heavy (non-hydrogen) atoms. The number of carbonyl (C=O) groups is 2. The van der Waals surface area contributed by atoms with Gasteiger partial charge >= 0.3 is 5.97 Å². The number of benzene rings is 2. The van der Waals surface area contributed by atoms with Crippen LogP contribution >= 0.6 is 11.3 Å². The molecule has 6 heteroatoms. The molecule has 0 unspecified atom stereocenters. The second-order valence-electron chi connectivity index (χ2n) is 6.24. The second kappa shape index (κ2) is 9.10. The van der Waals surface area contributed by atoms with Gasteiger partial charge in [0.05, 0.1) is 5.69 Å². The number of amides is 1. The maximum absolute atomic E-state index is 12.4. The molecule has 1 N–H and O–H groups in total. The third kappa shape index (κ3) is 5.37. The summed E-state index contributed by atoms with van der Waals surface area (Å²) in [6, 6.07) is 17.3. The molecule has 0 aliphatic rings. The summed E-state index contributed by atoms with van der Waals surface area (Å²) in [7, 11) is 0. The minimum atomic E-state index is -0.607. The number of rotatable bonds is 6. The highest BCUT2D eigenvalue weighted by Crippen LogP contribution is 2.24. The molecule has 0 aliphatic heterocycles. The molecular formula is C22H20N2O3S. The van der Waals surface area contributed by atoms with E-state index in [-0.39, 0.29) is 18.2 Å². The lowest BCUT2D eigenvalue weighted by Crippen LogP contribution is -2.26. The van der Waals surface area contributed by atoms with Crippen molar-refractivity contribution in [1.82, 2.24) is 10.3 Å². The molecular weight excluding hydrogens is 372 g/mol. The molecule has 3 rings (SSSR count). The van der Waals surface area contributed by atoms with Crippen LogP contribution in [0.15, 0.2) is 65.7 Å². The van der Waals surface area contributed by atoms with Crippen molar-refractivity contribution in [3.63, 3.8) is 0 Å². The van der Waals surface area contributed by atoms with Gasteiger partial charge in [0.1, 0.15) is 17.3 Å². The highest BCUT2D eigenvalue weighted by molar-refractivity contribution is 7.13. The maximum atomic E-state index is 12.4. The Hall–Kier alpha value is -3.25. The van der Waals surface area contributed by atoms with Crippen LogP contribution in [-0.4, -0.2) is 16.9 Å². The fourth-order valence-corrected chi connectivity index (χ4v) is 3.28. The summed E-state index contributed by atoms with van der Waals surface area (Å²) in [4.78, 5) is 28.4. The minimum absolute atomic E-state index is 0.0346. The Morgan fingerprint density at radius 2 is 1.82 bits per heavy atom. The van der Waals surface area contributed by atoms with Gasteiger partial charge in [-0.1, -0.05) is 60.2 Å². The zero-order valence-corrected chi connectivity index (χ0v) is 16.5. The average Bonchev–Trinajstić information content (AvgIpc) is 3.15. The van der Waals surface area contributed by atoms with Gasteiger partial charge in [0.25, 0.3) is 0 Å². The lowest BCUT2D eigenvalue weighted by molar-refractivity contribution is -0.141. The fraction of sp³-hybridized carbons (Fsp3) is 0.136. The topological polar surface area (TPSA) is 68.3 Å². The first-order chi connectivity index (χ1) is 13.5. The zero-order valence-electron chi connectivity index (χ0n) is 15.6. The number of hydrogen-bond donors (Lipinski definition) is 1. The number of esters is 1. The highest BCUT2D eigenvalue weighted by atomic mass is 32.1. The van der Waals surface area contributed by atoms with Crippen molar-refractivity contribution >= 4 is 29.3 Å². The van der Waals surface area contributed by atoms with Gasteiger partial charge in [-0.05, 0) is 18.6 Å². The van der Waals surface area contributed by atoms with Gasteiger partial charge < -0.3 is 10.1 Å². The van der Waals surface area contributed by atoms with Crippen LogP contribution in [0, 0.1) is 6.92 Å². The van der Waals surface area contributed by atoms with E-state index in [4.69, 9.17) is 4.74 Å². The Morgan fingerprint density at radius 3 is 2.50 bits per heavy atom. The Labute approximate surface area is 167 Å². The van der Waals surface area contributed by atoms with Gasteiger partial charge in [-0.2, -0.15) is 0 Å². The Morgan fingerprint density at radius 1 is 1.11 bits per heavy atom. The number of carbonyl (C=O) groups excluding carboxylic acids is 2. The predicted octanol–water partition coefficient (Wildman–Crippen LogP) is 4.34. The van der Waals surface area contributed by atoms with Crippen molar-refractivity contribution in [3.05, 3.63) is 82.5 Å². The lowest BCUT2D eigenvalue weighted by Gasteiger charge is -2.08. The monoisotopic (exact) mass is 392 g/mol. The lowest BCUT2D eigenvalue weighted by atomic mass is 10.2. The van der Waals surface area contributed by atoms with Gasteiger partial charge in [-0.15, -0.1) is 11.3 Å². The van der Waals surface area contributed by atoms with Crippen molar-refractivity contribution in [2.75, 3.05) is 0 Å². The van der Waals surface area contributed by atoms with E-state index in [1.165, 1.54) is 23.8 Å². The standard InChI is InChI=1S/C22H20N2O3S/c1-15-8-10-18(11-9-15)21-24-19(14-28-21)13-27-22(26)20(23-16(2)25)12-17-6-4-3-5-7-17/h3-12,14H,13H2,1-2H3,(H,23,25)/b20-12-. The molecule has 0 radical (unpaired) electrons. The van der Waals surface area contributed by atoms with E-state index in [0.717, 1.165) is 16.1 Å². The van der Waals surface area contributed by atoms with Gasteiger partial charge in [0.15, 0.2) is 0 Å². The number of nitrogens with one attached hydrogen (secondary N) is 1. The molecule has 0 saturated carbocycles. The van der Waals surface area contributed by atoms with Crippen molar-refractivity contribution in [3.8, 4) is 10.6 Å². The number of ether oxygens (including phenoxy) is 1. The first kappa shape index (κ1) is 19.5. The van der Waals surface area contributed by atoms with E-state index in [1.54, 1.807) is 6.08 Å². The summed E-state index contributed by atoms with van der Waals surface area (Å²) in [5.41, 5.74) is 3.75. The highest BCUT2D eigenvalue weighted by Gasteiger charge is 2.14. The molecule has 0 fully saturated rings. The molecule has 1 amide bonds. The van der Waals surface area contributed by atoms with Crippen LogP contribution in [0.2, 0.25) is 0 Å². The summed E-state index contributed by atoms with van der Waals surface area (Å²) in [5, 5.41) is 5.26. The van der Waals surface area contributed by atoms with Crippen molar-refractivity contribution in [2.45, 2.75) is 20.5 Å². The summed E-state index contributed by atoms with van der Waals surface area (Å²) >= 11 is 1.50. The molecule has 0 bridgehead atoms. The van der Waals surface area contributed by atoms with E-state index >= 15 is 0 Å². The van der Waals surface area contributed by atoms with Gasteiger partial charge in [-0.3, -0.25) is 4.79 Å². The van der Waals surface area contributed by atoms with E-state index in [2.05, 4.69) is 10.3 Å². The average molecular weight is 392 g/mol. The molecule has 3 aromatic rings. The van der Waals surface area contributed by atoms with Crippen molar-refractivity contribution in [1.29, 1.82) is 0 Å². The van der Waals surface area contributed by atoms with Crippen LogP contribution in [0.5, 0.6) is 0 Å². The molecule has 0 aliphatic carbocycles. The molecule has 2 aromatic carbocycles. The number of aromatic nitrogens is 1. The van der Waals surface area contributed by atoms with Crippen LogP contribution in [0.3, 0.4) is 0 Å². The number of thiazole rings is 1. The molecule has 1 aromatic heterocycles. The van der Waals surface area contributed by atoms with E-state index in [1.807, 2.05) is 66.9 Å². The van der Waals surface area contributed by atoms with Gasteiger partial charge in [0.2, 0.25) is 5.91 Å². The van der Waals surface area contributed by atoms with Crippen LogP contribution in [0.25, 0.3) is 16.6 Å². The van der Waals surface area contributed by atoms with Gasteiger partial charge in [0, 0.05) is 17.9 Å². The molecule has 0 spiro atoms. The Balaban J connectivity index is 1.68. The molecule has 142 valence electrons. The van der Waals surface area contributed by atoms with E-state index in [0.29, 0.717) is 5.69 Å². The maximum Gasteiger partial charge on any atom is 0.355 e. The van der Waals surface area contributed by atoms with E-state index in [9.17, 15) is 9.59 Å². The van der Waals surface area contributed by atoms with Crippen molar-refractivity contribution < 1.29 is 14.3 Å². The fourth-order valence-electron chi connectivity index (χ4n) is 2.47. The number of nitrogens with zero attached hydrogens (tertiary/aromatic N) is 1. The van der Waals surface area contributed by atoms with E-state index < -0.39 is 5.97 Å². The van der Waals surface area contributed by atoms with Crippen molar-refractivity contribution in [2.24, 2.45) is 0 Å². The van der Waals surface area contributed by atoms with Gasteiger partial charge in [-0.25, -0.2) is 9.78 Å². The van der Waals surface area contributed by atoms with Crippen LogP contribution in [-0.2, 0) is 20.9 Å². The third-order valence-electron chi connectivity index (χ3n) is 3.84. The molecule has 5 nitrogen and oxygen atoms in total. The van der Waals surface area contributed by atoms with Crippen LogP contribution in [0.4, 0.5) is 0 Å². The summed E-state index contributed by atoms with van der Waals surface area (Å²) in [5.74, 6) is -0.946. The predicted molar refractivity (Wildman–Crippen MR) is 110 cm³/mol. The first-order valence-electron chi connectivity index (χ1n) is 8.74. The normalized spacial score (nSPS) is 11.1. The Bertz CT molecular complexity index is 992. The van der Waals surface area contributed by atoms with Crippen LogP contribution < -0.4 is 5.32 Å². The SMILES string of the molecule is CC(=O)N/C(=C\c1ccccc1)C(=O)OCc1csc(-c2ccc(C)cc2)n1. The largest absolute Gasteiger partial charge is 0.454 e. The third-order valence-corrected chi connectivity index (χ3v) is 4.78. The quantitative estimate of drug-likeness (QED) is 0.501. The molecule has 1 heterocycles. The molecule has 0 atom stereocenters. The summed E-state index contributed by atoms with van der Waals surface area (Å²) in [6.07, 6.45) is 1.59. The second-order valence-corrected chi connectivity index (χ2v) is 7.09. The number of hydrogen-bond acceptors (Lipinski definition) is 5. The zero-order chi connectivity index (χ0) is 19.9. The van der Waals surface area contributed by atoms with Crippen LogP contribution in [0.1, 0.15) is 23.7 Å². The first-order valence-corrected chi connectivity index (χ1v) is 9.62. The number of aryl methyl sites for hydroxylation is 1. The summed E-state index contributed by atoms with van der Waals surface area (Å²) in [6.45, 7) is 3.42. The molecule has 0 saturated heterocycles. The minimum Gasteiger partial charge on any atom is -0.454 e.